The first-order valence-electron chi connectivity index (χ1n) is 20.8. The van der Waals surface area contributed by atoms with E-state index < -0.39 is 0 Å². The molecule has 0 fully saturated rings. The van der Waals surface area contributed by atoms with Crippen LogP contribution in [-0.2, 0) is 20.5 Å². The van der Waals surface area contributed by atoms with E-state index in [0.29, 0.717) is 17.3 Å². The maximum absolute atomic E-state index is 6.29. The van der Waals surface area contributed by atoms with Crippen LogP contribution in [0.5, 0.6) is 0 Å². The normalized spacial score (nSPS) is 11.6. The fraction of sp³-hybridized carbons (Fsp3) is 0.185. The van der Waals surface area contributed by atoms with E-state index in [1.807, 2.05) is 32.0 Å². The molecule has 0 spiro atoms. The lowest BCUT2D eigenvalue weighted by Crippen LogP contribution is -2.31. The minimum Gasteiger partial charge on any atom is -0.437 e. The highest BCUT2D eigenvalue weighted by Crippen LogP contribution is 2.38. The molecule has 6 heterocycles. The average molecular weight is 787 g/mol. The molecule has 0 unspecified atom stereocenters. The summed E-state index contributed by atoms with van der Waals surface area (Å²) in [5.74, 6) is 0.668. The lowest BCUT2D eigenvalue weighted by Gasteiger charge is -2.08. The van der Waals surface area contributed by atoms with Gasteiger partial charge in [-0.05, 0) is 104 Å². The van der Waals surface area contributed by atoms with Crippen LogP contribution in [-0.4, -0.2) is 9.97 Å². The zero-order chi connectivity index (χ0) is 41.7. The summed E-state index contributed by atoms with van der Waals surface area (Å²) in [5.41, 5.74) is 18.2. The lowest BCUT2D eigenvalue weighted by molar-refractivity contribution is -0.660. The first-order chi connectivity index (χ1) is 29.0. The summed E-state index contributed by atoms with van der Waals surface area (Å²) in [7, 11) is 4.19. The van der Waals surface area contributed by atoms with E-state index in [4.69, 9.17) is 8.83 Å². The fourth-order valence-corrected chi connectivity index (χ4v) is 8.47. The zero-order valence-corrected chi connectivity index (χ0v) is 35.7. The van der Waals surface area contributed by atoms with Gasteiger partial charge >= 0.3 is 0 Å². The molecule has 0 amide bonds. The van der Waals surface area contributed by atoms with Crippen molar-refractivity contribution in [2.24, 2.45) is 20.0 Å². The molecule has 0 aliphatic carbocycles. The number of fused-ring (bicyclic) bond motifs is 6. The second-order valence-corrected chi connectivity index (χ2v) is 16.6. The second kappa shape index (κ2) is 15.7. The predicted molar refractivity (Wildman–Crippen MR) is 245 cm³/mol. The molecule has 6 aromatic heterocycles. The van der Waals surface area contributed by atoms with Gasteiger partial charge in [-0.2, -0.15) is 0 Å². The van der Waals surface area contributed by atoms with Gasteiger partial charge < -0.3 is 8.83 Å². The van der Waals surface area contributed by atoms with Crippen LogP contribution < -0.4 is 9.13 Å². The molecule has 6 heteroatoms. The Bertz CT molecular complexity index is 3210. The van der Waals surface area contributed by atoms with Crippen LogP contribution in [0, 0.1) is 33.6 Å². The van der Waals surface area contributed by atoms with Crippen molar-refractivity contribution in [2.75, 3.05) is 0 Å². The van der Waals surface area contributed by atoms with Gasteiger partial charge in [-0.1, -0.05) is 92.7 Å². The third-order valence-corrected chi connectivity index (χ3v) is 11.5. The number of rotatable bonds is 6. The Morgan fingerprint density at radius 2 is 0.900 bits per heavy atom. The molecule has 296 valence electrons. The van der Waals surface area contributed by atoms with Crippen LogP contribution in [0.15, 0.2) is 149 Å². The van der Waals surface area contributed by atoms with Crippen LogP contribution in [0.1, 0.15) is 41.9 Å². The Hall–Kier alpha value is -6.92. The van der Waals surface area contributed by atoms with Gasteiger partial charge in [0.25, 0.3) is 0 Å². The number of furan rings is 2. The number of aromatic nitrogens is 4. The third-order valence-electron chi connectivity index (χ3n) is 11.5. The third kappa shape index (κ3) is 7.23. The van der Waals surface area contributed by atoms with E-state index in [1.165, 1.54) is 38.9 Å². The Morgan fingerprint density at radius 1 is 0.467 bits per heavy atom. The quantitative estimate of drug-likeness (QED) is 0.158. The fourth-order valence-electron chi connectivity index (χ4n) is 8.47. The summed E-state index contributed by atoms with van der Waals surface area (Å²) in [6, 6.07) is 45.0. The first kappa shape index (κ1) is 38.6. The number of benzene rings is 4. The Balaban J connectivity index is 0.000000155. The first-order valence-corrected chi connectivity index (χ1v) is 20.8. The van der Waals surface area contributed by atoms with E-state index in [2.05, 4.69) is 182 Å². The van der Waals surface area contributed by atoms with Crippen molar-refractivity contribution >= 4 is 44.1 Å². The number of hydrogen-bond donors (Lipinski definition) is 0. The molecule has 0 aliphatic heterocycles. The Kier molecular flexibility index (Phi) is 10.1. The molecular weight excluding hydrogens is 737 g/mol. The van der Waals surface area contributed by atoms with Crippen LogP contribution in [0.25, 0.3) is 88.9 Å². The summed E-state index contributed by atoms with van der Waals surface area (Å²) in [5, 5.41) is 4.34. The summed E-state index contributed by atoms with van der Waals surface area (Å²) >= 11 is 0. The molecule has 0 saturated carbocycles. The van der Waals surface area contributed by atoms with Crippen molar-refractivity contribution in [3.63, 3.8) is 0 Å². The maximum Gasteiger partial charge on any atom is 0.227 e. The Labute approximate surface area is 351 Å². The molecular formula is C54H50N4O2+2. The van der Waals surface area contributed by atoms with Gasteiger partial charge in [0.05, 0.1) is 11.1 Å². The van der Waals surface area contributed by atoms with Crippen molar-refractivity contribution in [2.45, 2.75) is 48.0 Å². The average Bonchev–Trinajstić information content (AvgIpc) is 3.79. The molecule has 0 saturated heterocycles. The van der Waals surface area contributed by atoms with Gasteiger partial charge in [-0.3, -0.25) is 0 Å². The molecule has 0 radical (unpaired) electrons. The summed E-state index contributed by atoms with van der Waals surface area (Å²) in [4.78, 5) is 9.18. The summed E-state index contributed by atoms with van der Waals surface area (Å²) < 4.78 is 16.9. The van der Waals surface area contributed by atoms with Gasteiger partial charge in [0, 0.05) is 56.2 Å². The monoisotopic (exact) mass is 786 g/mol. The largest absolute Gasteiger partial charge is 0.437 e. The van der Waals surface area contributed by atoms with Crippen LogP contribution in [0.2, 0.25) is 0 Å². The van der Waals surface area contributed by atoms with E-state index in [1.54, 1.807) is 0 Å². The molecule has 0 atom stereocenters. The Morgan fingerprint density at radius 3 is 1.35 bits per heavy atom. The predicted octanol–water partition coefficient (Wildman–Crippen LogP) is 12.7. The topological polar surface area (TPSA) is 59.8 Å². The number of pyridine rings is 4. The van der Waals surface area contributed by atoms with Gasteiger partial charge in [-0.25, -0.2) is 19.1 Å². The molecule has 60 heavy (non-hydrogen) atoms. The highest BCUT2D eigenvalue weighted by Gasteiger charge is 2.23. The molecule has 10 aromatic rings. The highest BCUT2D eigenvalue weighted by atomic mass is 16.3. The molecule has 0 bridgehead atoms. The van der Waals surface area contributed by atoms with E-state index in [0.717, 1.165) is 73.0 Å². The van der Waals surface area contributed by atoms with E-state index in [9.17, 15) is 0 Å². The van der Waals surface area contributed by atoms with Gasteiger partial charge in [0.2, 0.25) is 22.8 Å². The smallest absolute Gasteiger partial charge is 0.227 e. The maximum atomic E-state index is 6.29. The molecule has 6 nitrogen and oxygen atoms in total. The van der Waals surface area contributed by atoms with Gasteiger partial charge in [0.15, 0.2) is 23.6 Å². The second-order valence-electron chi connectivity index (χ2n) is 16.6. The van der Waals surface area contributed by atoms with Crippen LogP contribution >= 0.6 is 0 Å². The van der Waals surface area contributed by atoms with E-state index in [-0.39, 0.29) is 0 Å². The standard InChI is InChI=1S/C29H29N2O.C25H21N2O/c1-18(2)16-21-8-10-22(11-9-21)23-12-15-26(31(5)17-23)27-19(3)6-13-24-25-14-7-20(4)30-29(25)32-28(24)27;1-16-9-12-20-21-13-10-17(2)26-25(21)28-24(20)23(16)22-14-11-19(15-27(22)3)18-7-5-4-6-8-18/h6-15,17-18H,16H2,1-5H3;4-15H,1-3H3/q2*+1. The number of hydrogen-bond acceptors (Lipinski definition) is 4. The van der Waals surface area contributed by atoms with E-state index >= 15 is 0 Å². The highest BCUT2D eigenvalue weighted by molar-refractivity contribution is 6.09. The van der Waals surface area contributed by atoms with Crippen molar-refractivity contribution < 1.29 is 18.0 Å². The van der Waals surface area contributed by atoms with Crippen molar-refractivity contribution in [3.8, 4) is 44.8 Å². The SMILES string of the molecule is Cc1ccc2c(n1)oc1c(-c3ccc(-c4ccc(CC(C)C)cc4)c[n+]3C)c(C)ccc12.Cc1ccc2c(n1)oc1c(-c3ccc(-c4ccccc4)c[n+]3C)c(C)ccc12. The van der Waals surface area contributed by atoms with Crippen molar-refractivity contribution in [1.82, 2.24) is 9.97 Å². The molecule has 0 N–H and O–H groups in total. The molecule has 10 rings (SSSR count). The molecule has 4 aromatic carbocycles. The molecule has 0 aliphatic rings. The summed E-state index contributed by atoms with van der Waals surface area (Å²) in [6.45, 7) is 12.8. The van der Waals surface area contributed by atoms with Crippen molar-refractivity contribution in [3.05, 3.63) is 168 Å². The minimum absolute atomic E-state index is 0.668. The van der Waals surface area contributed by atoms with Crippen molar-refractivity contribution in [1.29, 1.82) is 0 Å². The van der Waals surface area contributed by atoms with Crippen LogP contribution in [0.4, 0.5) is 0 Å². The number of nitrogens with zero attached hydrogens (tertiary/aromatic N) is 4. The minimum atomic E-state index is 0.668. The zero-order valence-electron chi connectivity index (χ0n) is 35.7. The summed E-state index contributed by atoms with van der Waals surface area (Å²) in [6.07, 6.45) is 5.49. The van der Waals surface area contributed by atoms with Gasteiger partial charge in [-0.15, -0.1) is 0 Å². The van der Waals surface area contributed by atoms with Crippen LogP contribution in [0.3, 0.4) is 0 Å². The van der Waals surface area contributed by atoms with Gasteiger partial charge in [0.1, 0.15) is 14.1 Å². The lowest BCUT2D eigenvalue weighted by atomic mass is 9.98. The number of aryl methyl sites for hydroxylation is 6.